The Bertz CT molecular complexity index is 608. The van der Waals surface area contributed by atoms with Gasteiger partial charge in [-0.1, -0.05) is 18.2 Å². The fourth-order valence-corrected chi connectivity index (χ4v) is 1.83. The molecule has 2 aromatic rings. The van der Waals surface area contributed by atoms with E-state index in [-0.39, 0.29) is 5.56 Å². The van der Waals surface area contributed by atoms with Crippen LogP contribution in [0.4, 0.5) is 4.39 Å². The molecule has 0 bridgehead atoms. The summed E-state index contributed by atoms with van der Waals surface area (Å²) in [6, 6.07) is 11.9. The zero-order chi connectivity index (χ0) is 14.5. The predicted molar refractivity (Wildman–Crippen MR) is 75.3 cm³/mol. The monoisotopic (exact) mass is 273 g/mol. The van der Waals surface area contributed by atoms with Gasteiger partial charge in [0.2, 0.25) is 0 Å². The first-order valence-electron chi connectivity index (χ1n) is 6.27. The second kappa shape index (κ2) is 6.19. The third-order valence-electron chi connectivity index (χ3n) is 2.98. The molecule has 0 aliphatic rings. The van der Waals surface area contributed by atoms with E-state index in [1.165, 1.54) is 12.1 Å². The van der Waals surface area contributed by atoms with Crippen LogP contribution in [-0.2, 0) is 6.54 Å². The largest absolute Gasteiger partial charge is 0.497 e. The lowest BCUT2D eigenvalue weighted by atomic mass is 10.1. The number of nitrogens with one attached hydrogen (secondary N) is 1. The quantitative estimate of drug-likeness (QED) is 0.929. The van der Waals surface area contributed by atoms with Crippen molar-refractivity contribution in [2.75, 3.05) is 7.11 Å². The molecule has 3 nitrogen and oxygen atoms in total. The molecule has 2 aromatic carbocycles. The minimum Gasteiger partial charge on any atom is -0.497 e. The molecule has 0 aliphatic heterocycles. The molecule has 0 heterocycles. The SMILES string of the molecule is COc1ccc(CNC(=O)c2ccc(C)cc2F)cc1. The summed E-state index contributed by atoms with van der Waals surface area (Å²) >= 11 is 0. The van der Waals surface area contributed by atoms with Crippen molar-refractivity contribution in [1.29, 1.82) is 0 Å². The molecule has 1 amide bonds. The van der Waals surface area contributed by atoms with Gasteiger partial charge in [0, 0.05) is 6.54 Å². The second-order valence-corrected chi connectivity index (χ2v) is 4.51. The number of hydrogen-bond acceptors (Lipinski definition) is 2. The molecule has 0 saturated carbocycles. The van der Waals surface area contributed by atoms with Gasteiger partial charge in [0.15, 0.2) is 0 Å². The number of aryl methyl sites for hydroxylation is 1. The Morgan fingerprint density at radius 2 is 1.90 bits per heavy atom. The van der Waals surface area contributed by atoms with Gasteiger partial charge in [0.25, 0.3) is 5.91 Å². The molecular weight excluding hydrogens is 257 g/mol. The molecule has 0 aromatic heterocycles. The smallest absolute Gasteiger partial charge is 0.254 e. The number of rotatable bonds is 4. The molecular formula is C16H16FNO2. The summed E-state index contributed by atoms with van der Waals surface area (Å²) in [4.78, 5) is 11.9. The lowest BCUT2D eigenvalue weighted by Crippen LogP contribution is -2.23. The van der Waals surface area contributed by atoms with Crippen LogP contribution in [0.3, 0.4) is 0 Å². The molecule has 1 N–H and O–H groups in total. The van der Waals surface area contributed by atoms with Gasteiger partial charge in [0.1, 0.15) is 11.6 Å². The first-order chi connectivity index (χ1) is 9.60. The van der Waals surface area contributed by atoms with Gasteiger partial charge < -0.3 is 10.1 Å². The summed E-state index contributed by atoms with van der Waals surface area (Å²) in [5, 5.41) is 2.69. The maximum atomic E-state index is 13.6. The molecule has 0 saturated heterocycles. The minimum absolute atomic E-state index is 0.0594. The van der Waals surface area contributed by atoms with Crippen molar-refractivity contribution >= 4 is 5.91 Å². The Morgan fingerprint density at radius 3 is 2.50 bits per heavy atom. The standard InChI is InChI=1S/C16H16FNO2/c1-11-3-8-14(15(17)9-11)16(19)18-10-12-4-6-13(20-2)7-5-12/h3-9H,10H2,1-2H3,(H,18,19). The van der Waals surface area contributed by atoms with E-state index >= 15 is 0 Å². The highest BCUT2D eigenvalue weighted by Crippen LogP contribution is 2.12. The molecule has 0 unspecified atom stereocenters. The summed E-state index contributed by atoms with van der Waals surface area (Å²) in [5.41, 5.74) is 1.77. The second-order valence-electron chi connectivity index (χ2n) is 4.51. The number of carbonyl (C=O) groups is 1. The van der Waals surface area contributed by atoms with Crippen molar-refractivity contribution in [1.82, 2.24) is 5.32 Å². The molecule has 0 fully saturated rings. The van der Waals surface area contributed by atoms with Crippen LogP contribution in [0.25, 0.3) is 0 Å². The Morgan fingerprint density at radius 1 is 1.20 bits per heavy atom. The van der Waals surface area contributed by atoms with Gasteiger partial charge in [-0.05, 0) is 42.3 Å². The van der Waals surface area contributed by atoms with Crippen LogP contribution in [0.15, 0.2) is 42.5 Å². The topological polar surface area (TPSA) is 38.3 Å². The minimum atomic E-state index is -0.503. The van der Waals surface area contributed by atoms with Crippen LogP contribution in [0.5, 0.6) is 5.75 Å². The van der Waals surface area contributed by atoms with Crippen molar-refractivity contribution in [2.24, 2.45) is 0 Å². The normalized spacial score (nSPS) is 10.2. The lowest BCUT2D eigenvalue weighted by molar-refractivity contribution is 0.0947. The van der Waals surface area contributed by atoms with Gasteiger partial charge in [-0.3, -0.25) is 4.79 Å². The van der Waals surface area contributed by atoms with E-state index in [4.69, 9.17) is 4.74 Å². The maximum Gasteiger partial charge on any atom is 0.254 e. The Balaban J connectivity index is 2.00. The Labute approximate surface area is 117 Å². The van der Waals surface area contributed by atoms with E-state index < -0.39 is 11.7 Å². The summed E-state index contributed by atoms with van der Waals surface area (Å²) in [5.74, 6) is -0.166. The molecule has 2 rings (SSSR count). The summed E-state index contributed by atoms with van der Waals surface area (Å²) in [7, 11) is 1.59. The Hall–Kier alpha value is -2.36. The highest BCUT2D eigenvalue weighted by Gasteiger charge is 2.11. The third-order valence-corrected chi connectivity index (χ3v) is 2.98. The zero-order valence-electron chi connectivity index (χ0n) is 11.4. The molecule has 0 spiro atoms. The van der Waals surface area contributed by atoms with E-state index in [0.717, 1.165) is 16.9 Å². The average molecular weight is 273 g/mol. The van der Waals surface area contributed by atoms with Gasteiger partial charge in [0.05, 0.1) is 12.7 Å². The lowest BCUT2D eigenvalue weighted by Gasteiger charge is -2.07. The number of amides is 1. The van der Waals surface area contributed by atoms with E-state index in [2.05, 4.69) is 5.32 Å². The van der Waals surface area contributed by atoms with E-state index in [0.29, 0.717) is 6.54 Å². The molecule has 0 radical (unpaired) electrons. The van der Waals surface area contributed by atoms with Crippen LogP contribution in [0.2, 0.25) is 0 Å². The Kier molecular flexibility index (Phi) is 4.35. The van der Waals surface area contributed by atoms with Crippen molar-refractivity contribution in [3.8, 4) is 5.75 Å². The maximum absolute atomic E-state index is 13.6. The highest BCUT2D eigenvalue weighted by molar-refractivity contribution is 5.94. The zero-order valence-corrected chi connectivity index (χ0v) is 11.4. The number of benzene rings is 2. The predicted octanol–water partition coefficient (Wildman–Crippen LogP) is 3.07. The number of hydrogen-bond donors (Lipinski definition) is 1. The van der Waals surface area contributed by atoms with Crippen molar-refractivity contribution in [3.63, 3.8) is 0 Å². The average Bonchev–Trinajstić information content (AvgIpc) is 2.45. The first-order valence-corrected chi connectivity index (χ1v) is 6.27. The van der Waals surface area contributed by atoms with Gasteiger partial charge in [-0.15, -0.1) is 0 Å². The highest BCUT2D eigenvalue weighted by atomic mass is 19.1. The summed E-state index contributed by atoms with van der Waals surface area (Å²) in [6.45, 7) is 2.12. The summed E-state index contributed by atoms with van der Waals surface area (Å²) < 4.78 is 18.7. The van der Waals surface area contributed by atoms with Gasteiger partial charge >= 0.3 is 0 Å². The van der Waals surface area contributed by atoms with Gasteiger partial charge in [-0.25, -0.2) is 4.39 Å². The van der Waals surface area contributed by atoms with E-state index in [1.807, 2.05) is 24.3 Å². The van der Waals surface area contributed by atoms with E-state index in [1.54, 1.807) is 20.1 Å². The molecule has 20 heavy (non-hydrogen) atoms. The van der Waals surface area contributed by atoms with Crippen LogP contribution in [0, 0.1) is 12.7 Å². The summed E-state index contributed by atoms with van der Waals surface area (Å²) in [6.07, 6.45) is 0. The van der Waals surface area contributed by atoms with E-state index in [9.17, 15) is 9.18 Å². The van der Waals surface area contributed by atoms with Crippen LogP contribution < -0.4 is 10.1 Å². The van der Waals surface area contributed by atoms with Crippen LogP contribution in [-0.4, -0.2) is 13.0 Å². The van der Waals surface area contributed by atoms with Crippen molar-refractivity contribution in [2.45, 2.75) is 13.5 Å². The van der Waals surface area contributed by atoms with Crippen LogP contribution in [0.1, 0.15) is 21.5 Å². The number of ether oxygens (including phenoxy) is 1. The molecule has 104 valence electrons. The fourth-order valence-electron chi connectivity index (χ4n) is 1.83. The molecule has 4 heteroatoms. The number of carbonyl (C=O) groups excluding carboxylic acids is 1. The van der Waals surface area contributed by atoms with Crippen molar-refractivity contribution in [3.05, 3.63) is 65.0 Å². The number of methoxy groups -OCH3 is 1. The van der Waals surface area contributed by atoms with Gasteiger partial charge in [-0.2, -0.15) is 0 Å². The van der Waals surface area contributed by atoms with Crippen LogP contribution >= 0.6 is 0 Å². The molecule has 0 aliphatic carbocycles. The first kappa shape index (κ1) is 14.1. The van der Waals surface area contributed by atoms with Crippen molar-refractivity contribution < 1.29 is 13.9 Å². The third kappa shape index (κ3) is 3.35. The molecule has 0 atom stereocenters. The fraction of sp³-hybridized carbons (Fsp3) is 0.188. The number of halogens is 1.